The minimum Gasteiger partial charge on any atom is -0.117 e. The third-order valence-electron chi connectivity index (χ3n) is 6.56. The molecule has 4 fully saturated rings. The topological polar surface area (TPSA) is 0 Å². The van der Waals surface area contributed by atoms with Crippen LogP contribution in [0.5, 0.6) is 0 Å². The number of halogens is 1. The normalized spacial score (nSPS) is 39.0. The largest absolute Gasteiger partial charge is 0.117 e. The van der Waals surface area contributed by atoms with Gasteiger partial charge < -0.3 is 0 Å². The lowest BCUT2D eigenvalue weighted by Gasteiger charge is -2.55. The molecule has 21 heavy (non-hydrogen) atoms. The standard InChI is InChI=1S/C20H27Cl/c1-12(2)15-3-5-16(6-4-15)20(21)19-17-8-13-7-14(10-17)11-18(19)9-13/h3-6,12-14,17-20H,7-11H2,1-2H3. The van der Waals surface area contributed by atoms with Gasteiger partial charge in [0.15, 0.2) is 0 Å². The molecule has 0 saturated heterocycles. The molecule has 0 radical (unpaired) electrons. The summed E-state index contributed by atoms with van der Waals surface area (Å²) in [5, 5.41) is 0.237. The number of rotatable bonds is 3. The molecular weight excluding hydrogens is 276 g/mol. The maximum Gasteiger partial charge on any atom is 0.0618 e. The predicted molar refractivity (Wildman–Crippen MR) is 89.7 cm³/mol. The summed E-state index contributed by atoms with van der Waals surface area (Å²) >= 11 is 6.98. The molecule has 0 N–H and O–H groups in total. The molecule has 114 valence electrons. The zero-order chi connectivity index (χ0) is 14.6. The Hall–Kier alpha value is -0.490. The molecule has 1 unspecified atom stereocenters. The van der Waals surface area contributed by atoms with Gasteiger partial charge in [0.2, 0.25) is 0 Å². The van der Waals surface area contributed by atoms with Crippen molar-refractivity contribution in [2.24, 2.45) is 29.6 Å². The molecule has 0 aliphatic heterocycles. The van der Waals surface area contributed by atoms with Gasteiger partial charge in [0.1, 0.15) is 0 Å². The summed E-state index contributed by atoms with van der Waals surface area (Å²) in [7, 11) is 0. The van der Waals surface area contributed by atoms with E-state index in [-0.39, 0.29) is 5.38 Å². The minimum atomic E-state index is 0.237. The van der Waals surface area contributed by atoms with Crippen LogP contribution in [0.25, 0.3) is 0 Å². The Morgan fingerprint density at radius 2 is 1.29 bits per heavy atom. The third-order valence-corrected chi connectivity index (χ3v) is 7.10. The van der Waals surface area contributed by atoms with Crippen molar-refractivity contribution in [2.45, 2.75) is 57.2 Å². The highest BCUT2D eigenvalue weighted by molar-refractivity contribution is 6.21. The lowest BCUT2D eigenvalue weighted by molar-refractivity contribution is -0.0381. The highest BCUT2D eigenvalue weighted by Crippen LogP contribution is 2.60. The summed E-state index contributed by atoms with van der Waals surface area (Å²) in [6, 6.07) is 9.15. The summed E-state index contributed by atoms with van der Waals surface area (Å²) in [5.74, 6) is 5.24. The highest BCUT2D eigenvalue weighted by atomic mass is 35.5. The van der Waals surface area contributed by atoms with Gasteiger partial charge in [-0.1, -0.05) is 38.1 Å². The third kappa shape index (κ3) is 2.44. The molecule has 4 bridgehead atoms. The zero-order valence-electron chi connectivity index (χ0n) is 13.3. The Kier molecular flexibility index (Phi) is 3.57. The number of hydrogen-bond acceptors (Lipinski definition) is 0. The molecule has 0 spiro atoms. The van der Waals surface area contributed by atoms with Gasteiger partial charge in [-0.25, -0.2) is 0 Å². The van der Waals surface area contributed by atoms with E-state index in [2.05, 4.69) is 38.1 Å². The molecular formula is C20H27Cl. The minimum absolute atomic E-state index is 0.237. The van der Waals surface area contributed by atoms with Crippen LogP contribution in [0.15, 0.2) is 24.3 Å². The van der Waals surface area contributed by atoms with Crippen LogP contribution in [-0.4, -0.2) is 0 Å². The lowest BCUT2D eigenvalue weighted by Crippen LogP contribution is -2.46. The Morgan fingerprint density at radius 3 is 1.76 bits per heavy atom. The fourth-order valence-corrected chi connectivity index (χ4v) is 6.29. The molecule has 4 saturated carbocycles. The molecule has 1 aromatic rings. The zero-order valence-corrected chi connectivity index (χ0v) is 14.0. The van der Waals surface area contributed by atoms with E-state index in [1.165, 1.54) is 43.2 Å². The molecule has 4 aliphatic rings. The summed E-state index contributed by atoms with van der Waals surface area (Å²) in [6.45, 7) is 4.51. The van der Waals surface area contributed by atoms with Gasteiger partial charge in [-0.2, -0.15) is 0 Å². The first kappa shape index (κ1) is 14.1. The first-order valence-corrected chi connectivity index (χ1v) is 9.29. The molecule has 5 rings (SSSR count). The summed E-state index contributed by atoms with van der Waals surface area (Å²) in [4.78, 5) is 0. The van der Waals surface area contributed by atoms with E-state index in [0.717, 1.165) is 29.6 Å². The van der Waals surface area contributed by atoms with E-state index in [9.17, 15) is 0 Å². The first-order chi connectivity index (χ1) is 10.1. The summed E-state index contributed by atoms with van der Waals surface area (Å²) < 4.78 is 0. The van der Waals surface area contributed by atoms with Crippen molar-refractivity contribution in [1.29, 1.82) is 0 Å². The average molecular weight is 303 g/mol. The van der Waals surface area contributed by atoms with Crippen molar-refractivity contribution < 1.29 is 0 Å². The van der Waals surface area contributed by atoms with Crippen LogP contribution in [-0.2, 0) is 0 Å². The molecule has 1 aromatic carbocycles. The van der Waals surface area contributed by atoms with Crippen molar-refractivity contribution in [3.8, 4) is 0 Å². The number of benzene rings is 1. The predicted octanol–water partition coefficient (Wildman–Crippen LogP) is 6.16. The molecule has 0 amide bonds. The average Bonchev–Trinajstić information content (AvgIpc) is 2.46. The fraction of sp³-hybridized carbons (Fsp3) is 0.700. The Morgan fingerprint density at radius 1 is 0.810 bits per heavy atom. The van der Waals surface area contributed by atoms with Crippen molar-refractivity contribution in [1.82, 2.24) is 0 Å². The molecule has 0 nitrogen and oxygen atoms in total. The van der Waals surface area contributed by atoms with Crippen molar-refractivity contribution in [2.75, 3.05) is 0 Å². The molecule has 0 heterocycles. The quantitative estimate of drug-likeness (QED) is 0.586. The summed E-state index contributed by atoms with van der Waals surface area (Å²) in [6.07, 6.45) is 7.38. The van der Waals surface area contributed by atoms with E-state index in [0.29, 0.717) is 5.92 Å². The van der Waals surface area contributed by atoms with Gasteiger partial charge in [-0.3, -0.25) is 0 Å². The van der Waals surface area contributed by atoms with E-state index < -0.39 is 0 Å². The smallest absolute Gasteiger partial charge is 0.0618 e. The fourth-order valence-electron chi connectivity index (χ4n) is 5.73. The Bertz CT molecular complexity index is 473. The van der Waals surface area contributed by atoms with E-state index in [1.54, 1.807) is 0 Å². The second-order valence-corrected chi connectivity index (χ2v) is 8.70. The second kappa shape index (κ2) is 5.30. The van der Waals surface area contributed by atoms with Crippen molar-refractivity contribution in [3.63, 3.8) is 0 Å². The van der Waals surface area contributed by atoms with Gasteiger partial charge in [0.25, 0.3) is 0 Å². The van der Waals surface area contributed by atoms with Crippen LogP contribution >= 0.6 is 11.6 Å². The van der Waals surface area contributed by atoms with E-state index in [4.69, 9.17) is 11.6 Å². The van der Waals surface area contributed by atoms with Crippen LogP contribution in [0, 0.1) is 29.6 Å². The first-order valence-electron chi connectivity index (χ1n) is 8.85. The van der Waals surface area contributed by atoms with Crippen molar-refractivity contribution >= 4 is 11.6 Å². The van der Waals surface area contributed by atoms with Gasteiger partial charge in [-0.15, -0.1) is 11.6 Å². The van der Waals surface area contributed by atoms with Crippen LogP contribution in [0.3, 0.4) is 0 Å². The maximum absolute atomic E-state index is 6.98. The Labute approximate surface area is 134 Å². The monoisotopic (exact) mass is 302 g/mol. The van der Waals surface area contributed by atoms with E-state index in [1.807, 2.05) is 0 Å². The van der Waals surface area contributed by atoms with Gasteiger partial charge in [-0.05, 0) is 78.7 Å². The molecule has 4 aliphatic carbocycles. The van der Waals surface area contributed by atoms with E-state index >= 15 is 0 Å². The van der Waals surface area contributed by atoms with Crippen LogP contribution in [0.2, 0.25) is 0 Å². The second-order valence-electron chi connectivity index (χ2n) is 8.23. The van der Waals surface area contributed by atoms with Crippen LogP contribution in [0.1, 0.15) is 68.4 Å². The van der Waals surface area contributed by atoms with Crippen molar-refractivity contribution in [3.05, 3.63) is 35.4 Å². The van der Waals surface area contributed by atoms with Crippen LogP contribution in [0.4, 0.5) is 0 Å². The van der Waals surface area contributed by atoms with Gasteiger partial charge in [0, 0.05) is 0 Å². The van der Waals surface area contributed by atoms with Gasteiger partial charge in [0.05, 0.1) is 5.38 Å². The van der Waals surface area contributed by atoms with Crippen LogP contribution < -0.4 is 0 Å². The number of alkyl halides is 1. The highest BCUT2D eigenvalue weighted by Gasteiger charge is 2.50. The molecule has 1 atom stereocenters. The Balaban J connectivity index is 1.55. The SMILES string of the molecule is CC(C)c1ccc(C(Cl)C2C3CC4CC(C3)CC2C4)cc1. The maximum atomic E-state index is 6.98. The summed E-state index contributed by atoms with van der Waals surface area (Å²) in [5.41, 5.74) is 2.78. The lowest BCUT2D eigenvalue weighted by atomic mass is 9.51. The van der Waals surface area contributed by atoms with Gasteiger partial charge >= 0.3 is 0 Å². The molecule has 1 heteroatoms. The molecule has 0 aromatic heterocycles. The number of hydrogen-bond donors (Lipinski definition) is 0.